The maximum Gasteiger partial charge on any atom is 0.260 e. The highest BCUT2D eigenvalue weighted by Gasteiger charge is 2.28. The third-order valence-electron chi connectivity index (χ3n) is 3.72. The fourth-order valence-electron chi connectivity index (χ4n) is 2.48. The van der Waals surface area contributed by atoms with Gasteiger partial charge in [0.25, 0.3) is 5.91 Å². The lowest BCUT2D eigenvalue weighted by Crippen LogP contribution is -2.31. The molecule has 0 aromatic heterocycles. The number of nitrogens with one attached hydrogen (secondary N) is 2. The summed E-state index contributed by atoms with van der Waals surface area (Å²) in [6.07, 6.45) is 1.69. The van der Waals surface area contributed by atoms with Crippen molar-refractivity contribution in [2.75, 3.05) is 12.4 Å². The van der Waals surface area contributed by atoms with E-state index >= 15 is 0 Å². The van der Waals surface area contributed by atoms with Crippen LogP contribution in [0, 0.1) is 10.5 Å². The third kappa shape index (κ3) is 4.29. The molecule has 5 nitrogen and oxygen atoms in total. The average molecular weight is 547 g/mol. The van der Waals surface area contributed by atoms with Crippen LogP contribution in [-0.2, 0) is 4.79 Å². The Morgan fingerprint density at radius 1 is 1.38 bits per heavy atom. The van der Waals surface area contributed by atoms with Crippen molar-refractivity contribution in [3.8, 4) is 11.5 Å². The summed E-state index contributed by atoms with van der Waals surface area (Å²) >= 11 is 6.82. The van der Waals surface area contributed by atoms with Crippen LogP contribution in [0.2, 0.25) is 0 Å². The van der Waals surface area contributed by atoms with Crippen LogP contribution in [-0.4, -0.2) is 23.6 Å². The van der Waals surface area contributed by atoms with Crippen LogP contribution in [0.15, 0.2) is 39.7 Å². The quantitative estimate of drug-likeness (QED) is 0.384. The lowest BCUT2D eigenvalue weighted by molar-refractivity contribution is -0.116. The molecule has 1 saturated heterocycles. The minimum absolute atomic E-state index is 0.159. The number of methoxy groups -OCH3 is 1. The maximum absolute atomic E-state index is 12.3. The van der Waals surface area contributed by atoms with Gasteiger partial charge in [0.1, 0.15) is 11.5 Å². The Labute approximate surface area is 177 Å². The summed E-state index contributed by atoms with van der Waals surface area (Å²) in [5.74, 6) is 0.682. The number of phenolic OH excluding ortho intramolecular Hbond substituents is 1. The summed E-state index contributed by atoms with van der Waals surface area (Å²) in [7, 11) is 1.61. The topological polar surface area (TPSA) is 70.6 Å². The van der Waals surface area contributed by atoms with E-state index < -0.39 is 0 Å². The Balaban J connectivity index is 1.83. The number of carbonyl (C=O) groups excluding carboxylic acids is 1. The molecule has 1 heterocycles. The Morgan fingerprint density at radius 3 is 2.88 bits per heavy atom. The number of phenols is 1. The monoisotopic (exact) mass is 546 g/mol. The van der Waals surface area contributed by atoms with Gasteiger partial charge in [-0.25, -0.2) is 0 Å². The lowest BCUT2D eigenvalue weighted by Gasteiger charge is -2.16. The van der Waals surface area contributed by atoms with Gasteiger partial charge in [-0.3, -0.25) is 4.79 Å². The van der Waals surface area contributed by atoms with Crippen molar-refractivity contribution in [1.29, 1.82) is 0 Å². The molecule has 1 fully saturated rings. The molecule has 0 radical (unpaired) electrons. The molecule has 2 aromatic carbocycles. The second-order valence-electron chi connectivity index (χ2n) is 5.65. The fraction of sp³-hybridized carbons (Fsp3) is 0.167. The molecule has 1 atom stereocenters. The molecule has 1 aliphatic rings. The predicted molar refractivity (Wildman–Crippen MR) is 117 cm³/mol. The summed E-state index contributed by atoms with van der Waals surface area (Å²) in [6.45, 7) is 1.99. The van der Waals surface area contributed by atoms with Gasteiger partial charge in [0.2, 0.25) is 0 Å². The van der Waals surface area contributed by atoms with Crippen LogP contribution >= 0.6 is 50.3 Å². The zero-order valence-corrected chi connectivity index (χ0v) is 18.5. The number of rotatable bonds is 4. The number of benzene rings is 2. The molecule has 1 amide bonds. The van der Waals surface area contributed by atoms with Crippen molar-refractivity contribution in [2.24, 2.45) is 0 Å². The molecule has 0 aliphatic carbocycles. The van der Waals surface area contributed by atoms with E-state index in [2.05, 4.69) is 49.2 Å². The first-order chi connectivity index (χ1) is 12.4. The first-order valence-corrected chi connectivity index (χ1v) is 10.4. The molecule has 136 valence electrons. The number of ether oxygens (including phenoxy) is 1. The first kappa shape index (κ1) is 19.4. The van der Waals surface area contributed by atoms with Crippen molar-refractivity contribution in [3.63, 3.8) is 0 Å². The van der Waals surface area contributed by atoms with Gasteiger partial charge in [-0.15, -0.1) is 0 Å². The molecule has 3 N–H and O–H groups in total. The number of hydrogen-bond acceptors (Lipinski definition) is 5. The molecule has 0 spiro atoms. The van der Waals surface area contributed by atoms with Gasteiger partial charge in [0.15, 0.2) is 5.50 Å². The van der Waals surface area contributed by atoms with Crippen LogP contribution in [0.4, 0.5) is 5.69 Å². The van der Waals surface area contributed by atoms with E-state index in [4.69, 9.17) is 4.74 Å². The van der Waals surface area contributed by atoms with Crippen LogP contribution in [0.3, 0.4) is 0 Å². The van der Waals surface area contributed by atoms with Crippen LogP contribution in [0.25, 0.3) is 6.08 Å². The predicted octanol–water partition coefficient (Wildman–Crippen LogP) is 4.68. The molecule has 3 rings (SSSR count). The van der Waals surface area contributed by atoms with Gasteiger partial charge >= 0.3 is 0 Å². The second kappa shape index (κ2) is 8.10. The van der Waals surface area contributed by atoms with Gasteiger partial charge in [0, 0.05) is 10.0 Å². The smallest absolute Gasteiger partial charge is 0.260 e. The van der Waals surface area contributed by atoms with Gasteiger partial charge in [-0.1, -0.05) is 33.8 Å². The van der Waals surface area contributed by atoms with Gasteiger partial charge < -0.3 is 20.5 Å². The van der Waals surface area contributed by atoms with Crippen molar-refractivity contribution in [3.05, 3.63) is 54.4 Å². The SMILES string of the molecule is COc1ccc(C)cc1NC1NC(=O)/C(=C/c2cc(Br)cc(I)c2O)S1. The summed E-state index contributed by atoms with van der Waals surface area (Å²) in [6, 6.07) is 9.41. The van der Waals surface area contributed by atoms with E-state index in [1.54, 1.807) is 19.3 Å². The van der Waals surface area contributed by atoms with Crippen molar-refractivity contribution in [2.45, 2.75) is 12.4 Å². The number of aromatic hydroxyl groups is 1. The van der Waals surface area contributed by atoms with E-state index in [1.165, 1.54) is 11.8 Å². The zero-order valence-electron chi connectivity index (χ0n) is 14.0. The van der Waals surface area contributed by atoms with E-state index in [1.807, 2.05) is 31.2 Å². The maximum atomic E-state index is 12.3. The standard InChI is InChI=1S/C18H16BrIN2O3S/c1-9-3-4-14(25-2)13(5-9)21-18-22-17(24)15(26-18)7-10-6-11(19)8-12(20)16(10)23/h3-8,18,21,23H,1-2H3,(H,22,24)/b15-7-. The largest absolute Gasteiger partial charge is 0.506 e. The second-order valence-corrected chi connectivity index (χ2v) is 8.88. The summed E-state index contributed by atoms with van der Waals surface area (Å²) in [4.78, 5) is 12.8. The highest BCUT2D eigenvalue weighted by atomic mass is 127. The molecule has 1 aliphatic heterocycles. The van der Waals surface area contributed by atoms with E-state index in [0.29, 0.717) is 19.8 Å². The number of thioether (sulfide) groups is 1. The lowest BCUT2D eigenvalue weighted by atomic mass is 10.2. The number of halogens is 2. The molecule has 8 heteroatoms. The van der Waals surface area contributed by atoms with Crippen LogP contribution in [0.5, 0.6) is 11.5 Å². The summed E-state index contributed by atoms with van der Waals surface area (Å²) < 4.78 is 6.92. The normalized spacial score (nSPS) is 18.1. The van der Waals surface area contributed by atoms with E-state index in [9.17, 15) is 9.90 Å². The molecule has 1 unspecified atom stereocenters. The van der Waals surface area contributed by atoms with E-state index in [-0.39, 0.29) is 17.2 Å². The van der Waals surface area contributed by atoms with Gasteiger partial charge in [-0.2, -0.15) is 0 Å². The average Bonchev–Trinajstić information content (AvgIpc) is 2.91. The molecular weight excluding hydrogens is 531 g/mol. The molecule has 2 aromatic rings. The Hall–Kier alpha value is -1.39. The van der Waals surface area contributed by atoms with E-state index in [0.717, 1.165) is 15.7 Å². The van der Waals surface area contributed by atoms with Crippen molar-refractivity contribution in [1.82, 2.24) is 5.32 Å². The number of anilines is 1. The molecule has 0 bridgehead atoms. The third-order valence-corrected chi connectivity index (χ3v) is 6.03. The van der Waals surface area contributed by atoms with Crippen molar-refractivity contribution < 1.29 is 14.6 Å². The first-order valence-electron chi connectivity index (χ1n) is 7.66. The summed E-state index contributed by atoms with van der Waals surface area (Å²) in [5, 5.41) is 16.4. The molecular formula is C18H16BrIN2O3S. The number of amides is 1. The Bertz CT molecular complexity index is 904. The zero-order chi connectivity index (χ0) is 18.8. The van der Waals surface area contributed by atoms with Gasteiger partial charge in [0.05, 0.1) is 21.3 Å². The van der Waals surface area contributed by atoms with Crippen LogP contribution in [0.1, 0.15) is 11.1 Å². The highest BCUT2D eigenvalue weighted by molar-refractivity contribution is 14.1. The molecule has 26 heavy (non-hydrogen) atoms. The number of aryl methyl sites for hydroxylation is 1. The highest BCUT2D eigenvalue weighted by Crippen LogP contribution is 2.36. The minimum atomic E-state index is -0.321. The summed E-state index contributed by atoms with van der Waals surface area (Å²) in [5.41, 5.74) is 2.17. The molecule has 0 saturated carbocycles. The Morgan fingerprint density at radius 2 is 2.15 bits per heavy atom. The number of hydrogen-bond donors (Lipinski definition) is 3. The van der Waals surface area contributed by atoms with Crippen molar-refractivity contribution >= 4 is 68.0 Å². The number of carbonyl (C=O) groups is 1. The Kier molecular flexibility index (Phi) is 6.03. The van der Waals surface area contributed by atoms with Crippen LogP contribution < -0.4 is 15.4 Å². The minimum Gasteiger partial charge on any atom is -0.506 e. The van der Waals surface area contributed by atoms with Gasteiger partial charge in [-0.05, 0) is 65.4 Å². The fourth-order valence-corrected chi connectivity index (χ4v) is 5.00.